The third kappa shape index (κ3) is 6.88. The summed E-state index contributed by atoms with van der Waals surface area (Å²) < 4.78 is 25.5. The first-order valence-electron chi connectivity index (χ1n) is 8.53. The number of hydrogen-bond donors (Lipinski definition) is 1. The highest BCUT2D eigenvalue weighted by Gasteiger charge is 2.28. The maximum absolute atomic E-state index is 12.5. The summed E-state index contributed by atoms with van der Waals surface area (Å²) in [6.07, 6.45) is 1.08. The number of thioether (sulfide) groups is 1. The first kappa shape index (κ1) is 22.9. The Morgan fingerprint density at radius 2 is 1.61 bits per heavy atom. The maximum Gasteiger partial charge on any atom is 0.243 e. The average Bonchev–Trinajstić information content (AvgIpc) is 2.63. The molecule has 9 heteroatoms. The predicted octanol–water partition coefficient (Wildman–Crippen LogP) is 4.20. The van der Waals surface area contributed by atoms with E-state index in [0.717, 1.165) is 21.9 Å². The van der Waals surface area contributed by atoms with Crippen molar-refractivity contribution in [2.24, 2.45) is 0 Å². The number of sulfonamides is 1. The molecule has 1 amide bonds. The predicted molar refractivity (Wildman–Crippen MR) is 119 cm³/mol. The molecule has 152 valence electrons. The van der Waals surface area contributed by atoms with Crippen molar-refractivity contribution in [2.45, 2.75) is 18.7 Å². The molecule has 1 atom stereocenters. The van der Waals surface area contributed by atoms with Crippen LogP contribution in [0.5, 0.6) is 0 Å². The lowest BCUT2D eigenvalue weighted by Crippen LogP contribution is -2.48. The summed E-state index contributed by atoms with van der Waals surface area (Å²) in [5.74, 6) is 1.16. The Morgan fingerprint density at radius 1 is 1.07 bits per heavy atom. The Balaban J connectivity index is 1.88. The van der Waals surface area contributed by atoms with Crippen LogP contribution in [0.3, 0.4) is 0 Å². The summed E-state index contributed by atoms with van der Waals surface area (Å²) in [4.78, 5) is 12.5. The molecule has 0 saturated heterocycles. The van der Waals surface area contributed by atoms with E-state index in [-0.39, 0.29) is 5.91 Å². The quantitative estimate of drug-likeness (QED) is 0.569. The van der Waals surface area contributed by atoms with Gasteiger partial charge in [0.1, 0.15) is 6.04 Å². The molecule has 0 fully saturated rings. The molecule has 5 nitrogen and oxygen atoms in total. The van der Waals surface area contributed by atoms with Gasteiger partial charge in [0.25, 0.3) is 0 Å². The van der Waals surface area contributed by atoms with Crippen molar-refractivity contribution in [1.82, 2.24) is 5.32 Å². The SMILES string of the molecule is C[C@@H](C(=O)NCCSCc1ccc(Cl)cc1)N(c1ccc(Cl)cc1)S(C)(=O)=O. The molecule has 2 aromatic rings. The summed E-state index contributed by atoms with van der Waals surface area (Å²) >= 11 is 13.4. The van der Waals surface area contributed by atoms with Crippen LogP contribution < -0.4 is 9.62 Å². The van der Waals surface area contributed by atoms with Crippen molar-refractivity contribution in [3.05, 3.63) is 64.1 Å². The fourth-order valence-electron chi connectivity index (χ4n) is 2.56. The van der Waals surface area contributed by atoms with Crippen molar-refractivity contribution < 1.29 is 13.2 Å². The molecule has 0 saturated carbocycles. The van der Waals surface area contributed by atoms with Crippen molar-refractivity contribution in [3.8, 4) is 0 Å². The molecule has 0 unspecified atom stereocenters. The lowest BCUT2D eigenvalue weighted by molar-refractivity contribution is -0.121. The van der Waals surface area contributed by atoms with E-state index in [4.69, 9.17) is 23.2 Å². The third-order valence-electron chi connectivity index (χ3n) is 3.90. The number of carbonyl (C=O) groups excluding carboxylic acids is 1. The molecule has 0 bridgehead atoms. The Kier molecular flexibility index (Phi) is 8.49. The number of anilines is 1. The number of carbonyl (C=O) groups is 1. The monoisotopic (exact) mass is 460 g/mol. The van der Waals surface area contributed by atoms with Gasteiger partial charge in [0.05, 0.1) is 11.9 Å². The van der Waals surface area contributed by atoms with Gasteiger partial charge in [-0.15, -0.1) is 0 Å². The molecule has 28 heavy (non-hydrogen) atoms. The van der Waals surface area contributed by atoms with E-state index < -0.39 is 16.1 Å². The molecule has 1 N–H and O–H groups in total. The van der Waals surface area contributed by atoms with Crippen LogP contribution in [0.2, 0.25) is 10.0 Å². The molecule has 0 aromatic heterocycles. The first-order valence-corrected chi connectivity index (χ1v) is 12.3. The number of nitrogens with one attached hydrogen (secondary N) is 1. The average molecular weight is 461 g/mol. The van der Waals surface area contributed by atoms with Gasteiger partial charge >= 0.3 is 0 Å². The Morgan fingerprint density at radius 3 is 2.14 bits per heavy atom. The van der Waals surface area contributed by atoms with Crippen molar-refractivity contribution in [1.29, 1.82) is 0 Å². The highest BCUT2D eigenvalue weighted by Crippen LogP contribution is 2.23. The lowest BCUT2D eigenvalue weighted by Gasteiger charge is -2.28. The molecule has 0 spiro atoms. The zero-order valence-corrected chi connectivity index (χ0v) is 18.7. The molecular formula is C19H22Cl2N2O3S2. The van der Waals surface area contributed by atoms with Gasteiger partial charge in [0.15, 0.2) is 0 Å². The van der Waals surface area contributed by atoms with Crippen molar-refractivity contribution in [2.75, 3.05) is 22.9 Å². The second kappa shape index (κ2) is 10.4. The van der Waals surface area contributed by atoms with Gasteiger partial charge < -0.3 is 5.32 Å². The second-order valence-electron chi connectivity index (χ2n) is 6.18. The zero-order valence-electron chi connectivity index (χ0n) is 15.6. The van der Waals surface area contributed by atoms with Crippen molar-refractivity contribution >= 4 is 56.6 Å². The topological polar surface area (TPSA) is 66.5 Å². The molecule has 0 aliphatic rings. The van der Waals surface area contributed by atoms with E-state index in [0.29, 0.717) is 28.0 Å². The highest BCUT2D eigenvalue weighted by molar-refractivity contribution is 7.98. The molecule has 2 aromatic carbocycles. The fraction of sp³-hybridized carbons (Fsp3) is 0.316. The van der Waals surface area contributed by atoms with Gasteiger partial charge in [-0.25, -0.2) is 8.42 Å². The van der Waals surface area contributed by atoms with Gasteiger partial charge in [-0.3, -0.25) is 9.10 Å². The largest absolute Gasteiger partial charge is 0.353 e. The number of amides is 1. The smallest absolute Gasteiger partial charge is 0.243 e. The third-order valence-corrected chi connectivity index (χ3v) is 6.67. The zero-order chi connectivity index (χ0) is 20.7. The molecule has 2 rings (SSSR count). The number of halogens is 2. The van der Waals surface area contributed by atoms with Crippen LogP contribution in [-0.4, -0.2) is 38.9 Å². The van der Waals surface area contributed by atoms with Gasteiger partial charge in [0, 0.05) is 28.1 Å². The summed E-state index contributed by atoms with van der Waals surface area (Å²) in [6, 6.07) is 13.1. The molecule has 0 heterocycles. The first-order chi connectivity index (χ1) is 13.2. The summed E-state index contributed by atoms with van der Waals surface area (Å²) in [5.41, 5.74) is 1.55. The number of nitrogens with zero attached hydrogens (tertiary/aromatic N) is 1. The Bertz CT molecular complexity index is 888. The maximum atomic E-state index is 12.5. The van der Waals surface area contributed by atoms with E-state index in [1.54, 1.807) is 43.0 Å². The van der Waals surface area contributed by atoms with E-state index >= 15 is 0 Å². The van der Waals surface area contributed by atoms with E-state index in [9.17, 15) is 13.2 Å². The van der Waals surface area contributed by atoms with Gasteiger partial charge in [0.2, 0.25) is 15.9 Å². The minimum Gasteiger partial charge on any atom is -0.353 e. The van der Waals surface area contributed by atoms with E-state index in [1.165, 1.54) is 0 Å². The summed E-state index contributed by atoms with van der Waals surface area (Å²) in [5, 5.41) is 3.99. The molecule has 0 aliphatic carbocycles. The minimum absolute atomic E-state index is 0.354. The van der Waals surface area contributed by atoms with Crippen LogP contribution in [-0.2, 0) is 20.6 Å². The van der Waals surface area contributed by atoms with Crippen LogP contribution >= 0.6 is 35.0 Å². The highest BCUT2D eigenvalue weighted by atomic mass is 35.5. The summed E-state index contributed by atoms with van der Waals surface area (Å²) in [6.45, 7) is 2.01. The van der Waals surface area contributed by atoms with Gasteiger partial charge in [-0.05, 0) is 48.9 Å². The standard InChI is InChI=1S/C19H22Cl2N2O3S2/c1-14(23(28(2,25)26)18-9-7-17(21)8-10-18)19(24)22-11-12-27-13-15-3-5-16(20)6-4-15/h3-10,14H,11-13H2,1-2H3,(H,22,24)/t14-/m0/s1. The number of rotatable bonds is 9. The van der Waals surface area contributed by atoms with Crippen LogP contribution in [0.25, 0.3) is 0 Å². The minimum atomic E-state index is -3.64. The second-order valence-corrected chi connectivity index (χ2v) is 10.0. The van der Waals surface area contributed by atoms with Crippen LogP contribution in [0.4, 0.5) is 5.69 Å². The van der Waals surface area contributed by atoms with Crippen LogP contribution in [0.1, 0.15) is 12.5 Å². The molecule has 0 aliphatic heterocycles. The molecule has 0 radical (unpaired) electrons. The van der Waals surface area contributed by atoms with Crippen molar-refractivity contribution in [3.63, 3.8) is 0 Å². The lowest BCUT2D eigenvalue weighted by atomic mass is 10.2. The fourth-order valence-corrected chi connectivity index (χ4v) is 4.81. The number of benzene rings is 2. The normalized spacial score (nSPS) is 12.4. The van der Waals surface area contributed by atoms with E-state index in [2.05, 4.69) is 5.32 Å². The van der Waals surface area contributed by atoms with Crippen LogP contribution in [0, 0.1) is 0 Å². The van der Waals surface area contributed by atoms with Crippen LogP contribution in [0.15, 0.2) is 48.5 Å². The van der Waals surface area contributed by atoms with Gasteiger partial charge in [-0.1, -0.05) is 35.3 Å². The Hall–Kier alpha value is -1.41. The molecular weight excluding hydrogens is 439 g/mol. The van der Waals surface area contributed by atoms with E-state index in [1.807, 2.05) is 24.3 Å². The Labute approximate surface area is 180 Å². The summed E-state index contributed by atoms with van der Waals surface area (Å²) in [7, 11) is -3.64. The van der Waals surface area contributed by atoms with Gasteiger partial charge in [-0.2, -0.15) is 11.8 Å². The number of hydrogen-bond acceptors (Lipinski definition) is 4.